The van der Waals surface area contributed by atoms with E-state index in [2.05, 4.69) is 0 Å². The van der Waals surface area contributed by atoms with Crippen molar-refractivity contribution in [1.29, 1.82) is 0 Å². The normalized spacial score (nSPS) is 14.4. The molecule has 1 aliphatic rings. The first-order chi connectivity index (χ1) is 8.63. The number of carbonyl (C=O) groups is 3. The van der Waals surface area contributed by atoms with Crippen LogP contribution >= 0.6 is 0 Å². The Kier molecular flexibility index (Phi) is 10.0. The average Bonchev–Trinajstić information content (AvgIpc) is 2.66. The molecule has 0 saturated carbocycles. The third-order valence-electron chi connectivity index (χ3n) is 2.08. The number of ether oxygens (including phenoxy) is 1. The number of amides is 2. The largest absolute Gasteiger partial charge is 0.396 e. The van der Waals surface area contributed by atoms with E-state index in [-0.39, 0.29) is 24.5 Å². The third kappa shape index (κ3) is 7.88. The van der Waals surface area contributed by atoms with Gasteiger partial charge in [-0.3, -0.25) is 14.8 Å². The fraction of sp³-hybridized carbons (Fsp3) is 0.727. The van der Waals surface area contributed by atoms with Gasteiger partial charge in [-0.25, -0.2) is 0 Å². The standard InChI is InChI=1S/C7H14O3.C4H5NO3/c8-4-1-2-6-10-7-3-5-9;6-3-1-2-4(7)5(3)8/h4,9H,1-3,5-7H2;8H,1-2H2. The maximum absolute atomic E-state index is 10.2. The number of hydrogen-bond acceptors (Lipinski definition) is 6. The Morgan fingerprint density at radius 2 is 1.72 bits per heavy atom. The molecular weight excluding hydrogens is 242 g/mol. The molecule has 7 nitrogen and oxygen atoms in total. The molecule has 0 aromatic heterocycles. The number of unbranched alkanes of at least 4 members (excludes halogenated alkanes) is 1. The lowest BCUT2D eigenvalue weighted by Gasteiger charge is -1.99. The highest BCUT2D eigenvalue weighted by molar-refractivity contribution is 6.00. The molecular formula is C11H19NO6. The van der Waals surface area contributed by atoms with Gasteiger partial charge in [-0.1, -0.05) is 0 Å². The summed E-state index contributed by atoms with van der Waals surface area (Å²) in [6, 6.07) is 0. The van der Waals surface area contributed by atoms with E-state index in [0.29, 0.717) is 26.1 Å². The number of imide groups is 1. The molecule has 2 amide bonds. The van der Waals surface area contributed by atoms with Crippen LogP contribution in [0.3, 0.4) is 0 Å². The average molecular weight is 261 g/mol. The van der Waals surface area contributed by atoms with Gasteiger partial charge in [0, 0.05) is 39.1 Å². The van der Waals surface area contributed by atoms with Gasteiger partial charge in [-0.15, -0.1) is 0 Å². The van der Waals surface area contributed by atoms with Crippen molar-refractivity contribution in [3.63, 3.8) is 0 Å². The fourth-order valence-electron chi connectivity index (χ4n) is 1.10. The van der Waals surface area contributed by atoms with E-state index in [1.54, 1.807) is 0 Å². The molecule has 1 heterocycles. The lowest BCUT2D eigenvalue weighted by atomic mass is 10.3. The molecule has 18 heavy (non-hydrogen) atoms. The highest BCUT2D eigenvalue weighted by Gasteiger charge is 2.26. The first-order valence-corrected chi connectivity index (χ1v) is 5.80. The number of carbonyl (C=O) groups excluding carboxylic acids is 3. The molecule has 104 valence electrons. The van der Waals surface area contributed by atoms with E-state index >= 15 is 0 Å². The molecule has 0 bridgehead atoms. The predicted octanol–water partition coefficient (Wildman–Crippen LogP) is -0.111. The summed E-state index contributed by atoms with van der Waals surface area (Å²) in [6.07, 6.45) is 3.22. The molecule has 0 aromatic rings. The Hall–Kier alpha value is -1.31. The van der Waals surface area contributed by atoms with Gasteiger partial charge in [0.15, 0.2) is 0 Å². The van der Waals surface area contributed by atoms with Crippen molar-refractivity contribution in [2.45, 2.75) is 32.1 Å². The number of aliphatic hydroxyl groups excluding tert-OH is 1. The van der Waals surface area contributed by atoms with Crippen LogP contribution < -0.4 is 0 Å². The summed E-state index contributed by atoms with van der Waals surface area (Å²) < 4.78 is 5.06. The fourth-order valence-corrected chi connectivity index (χ4v) is 1.10. The first-order valence-electron chi connectivity index (χ1n) is 5.80. The van der Waals surface area contributed by atoms with Crippen LogP contribution in [0.5, 0.6) is 0 Å². The number of nitrogens with zero attached hydrogens (tertiary/aromatic N) is 1. The third-order valence-corrected chi connectivity index (χ3v) is 2.08. The molecule has 7 heteroatoms. The van der Waals surface area contributed by atoms with Crippen LogP contribution in [0.2, 0.25) is 0 Å². The Morgan fingerprint density at radius 3 is 2.11 bits per heavy atom. The zero-order chi connectivity index (χ0) is 13.8. The Bertz CT molecular complexity index is 252. The van der Waals surface area contributed by atoms with Crippen molar-refractivity contribution in [3.8, 4) is 0 Å². The van der Waals surface area contributed by atoms with Gasteiger partial charge in [0.1, 0.15) is 6.29 Å². The van der Waals surface area contributed by atoms with Crippen LogP contribution in [0.15, 0.2) is 0 Å². The maximum Gasteiger partial charge on any atom is 0.253 e. The van der Waals surface area contributed by atoms with Gasteiger partial charge in [0.25, 0.3) is 11.8 Å². The van der Waals surface area contributed by atoms with Crippen molar-refractivity contribution < 1.29 is 29.4 Å². The topological polar surface area (TPSA) is 104 Å². The van der Waals surface area contributed by atoms with Gasteiger partial charge >= 0.3 is 0 Å². The zero-order valence-electron chi connectivity index (χ0n) is 10.2. The highest BCUT2D eigenvalue weighted by atomic mass is 16.5. The van der Waals surface area contributed by atoms with Gasteiger partial charge in [-0.2, -0.15) is 5.06 Å². The molecule has 0 spiro atoms. The molecule has 1 rings (SSSR count). The number of aldehydes is 1. The molecule has 0 atom stereocenters. The maximum atomic E-state index is 10.2. The quantitative estimate of drug-likeness (QED) is 0.287. The summed E-state index contributed by atoms with van der Waals surface area (Å²) in [5.41, 5.74) is 0. The summed E-state index contributed by atoms with van der Waals surface area (Å²) >= 11 is 0. The molecule has 0 radical (unpaired) electrons. The SMILES string of the molecule is O=C1CCC(=O)N1O.O=CCCCOCCCO. The first kappa shape index (κ1) is 16.7. The van der Waals surface area contributed by atoms with Crippen molar-refractivity contribution in [3.05, 3.63) is 0 Å². The van der Waals surface area contributed by atoms with E-state index in [1.807, 2.05) is 0 Å². The second-order valence-electron chi connectivity index (χ2n) is 3.60. The highest BCUT2D eigenvalue weighted by Crippen LogP contribution is 2.07. The summed E-state index contributed by atoms with van der Waals surface area (Å²) in [4.78, 5) is 30.3. The van der Waals surface area contributed by atoms with E-state index in [4.69, 9.17) is 15.1 Å². The van der Waals surface area contributed by atoms with Crippen LogP contribution in [-0.4, -0.2) is 53.3 Å². The summed E-state index contributed by atoms with van der Waals surface area (Å²) in [5.74, 6) is -1.01. The smallest absolute Gasteiger partial charge is 0.253 e. The second-order valence-corrected chi connectivity index (χ2v) is 3.60. The van der Waals surface area contributed by atoms with Crippen LogP contribution in [-0.2, 0) is 19.1 Å². The van der Waals surface area contributed by atoms with Crippen molar-refractivity contribution >= 4 is 18.1 Å². The molecule has 0 aliphatic carbocycles. The molecule has 2 N–H and O–H groups in total. The van der Waals surface area contributed by atoms with Crippen LogP contribution in [0.4, 0.5) is 0 Å². The Balaban J connectivity index is 0.000000327. The summed E-state index contributed by atoms with van der Waals surface area (Å²) in [5, 5.41) is 16.9. The predicted molar refractivity (Wildman–Crippen MR) is 60.7 cm³/mol. The van der Waals surface area contributed by atoms with E-state index in [0.717, 1.165) is 12.7 Å². The van der Waals surface area contributed by atoms with E-state index in [1.165, 1.54) is 0 Å². The van der Waals surface area contributed by atoms with E-state index < -0.39 is 11.8 Å². The minimum absolute atomic E-state index is 0.148. The molecule has 0 aromatic carbocycles. The lowest BCUT2D eigenvalue weighted by molar-refractivity contribution is -0.171. The number of rotatable bonds is 7. The van der Waals surface area contributed by atoms with Crippen LogP contribution in [0.1, 0.15) is 32.1 Å². The number of hydroxylamine groups is 2. The molecule has 1 aliphatic heterocycles. The summed E-state index contributed by atoms with van der Waals surface area (Å²) in [6.45, 7) is 1.39. The van der Waals surface area contributed by atoms with Gasteiger partial charge < -0.3 is 14.6 Å². The lowest BCUT2D eigenvalue weighted by Crippen LogP contribution is -2.24. The zero-order valence-corrected chi connectivity index (χ0v) is 10.2. The minimum atomic E-state index is -0.505. The van der Waals surface area contributed by atoms with Gasteiger partial charge in [0.2, 0.25) is 0 Å². The van der Waals surface area contributed by atoms with Gasteiger partial charge in [-0.05, 0) is 12.8 Å². The van der Waals surface area contributed by atoms with Crippen LogP contribution in [0.25, 0.3) is 0 Å². The van der Waals surface area contributed by atoms with Gasteiger partial charge in [0.05, 0.1) is 0 Å². The number of hydrogen-bond donors (Lipinski definition) is 2. The van der Waals surface area contributed by atoms with E-state index in [9.17, 15) is 14.4 Å². The molecule has 1 fully saturated rings. The number of aliphatic hydroxyl groups is 1. The minimum Gasteiger partial charge on any atom is -0.396 e. The van der Waals surface area contributed by atoms with Crippen molar-refractivity contribution in [1.82, 2.24) is 5.06 Å². The van der Waals surface area contributed by atoms with Crippen LogP contribution in [0, 0.1) is 0 Å². The summed E-state index contributed by atoms with van der Waals surface area (Å²) in [7, 11) is 0. The molecule has 1 saturated heterocycles. The van der Waals surface area contributed by atoms with Crippen molar-refractivity contribution in [2.75, 3.05) is 19.8 Å². The molecule has 0 unspecified atom stereocenters. The Morgan fingerprint density at radius 1 is 1.17 bits per heavy atom. The Labute approximate surface area is 105 Å². The second kappa shape index (κ2) is 10.8. The van der Waals surface area contributed by atoms with Crippen molar-refractivity contribution in [2.24, 2.45) is 0 Å². The monoisotopic (exact) mass is 261 g/mol.